The standard InChI is InChI=1S/C16H14ClN3O/c17-14-9-5-4-8-13(14)16-18-11-19-20(16)10-15(21)12-6-2-1-3-7-12/h1-9,11,15,21H,10H2. The van der Waals surface area contributed by atoms with Gasteiger partial charge in [0.1, 0.15) is 6.33 Å². The molecular weight excluding hydrogens is 286 g/mol. The van der Waals surface area contributed by atoms with Crippen LogP contribution in [0.25, 0.3) is 11.4 Å². The molecule has 106 valence electrons. The van der Waals surface area contributed by atoms with Gasteiger partial charge >= 0.3 is 0 Å². The number of hydrogen-bond acceptors (Lipinski definition) is 3. The maximum Gasteiger partial charge on any atom is 0.159 e. The highest BCUT2D eigenvalue weighted by atomic mass is 35.5. The van der Waals surface area contributed by atoms with Crippen molar-refractivity contribution in [1.29, 1.82) is 0 Å². The Morgan fingerprint density at radius 3 is 2.52 bits per heavy atom. The molecule has 0 spiro atoms. The predicted molar refractivity (Wildman–Crippen MR) is 81.9 cm³/mol. The first-order valence-electron chi connectivity index (χ1n) is 6.61. The highest BCUT2D eigenvalue weighted by Crippen LogP contribution is 2.26. The lowest BCUT2D eigenvalue weighted by Crippen LogP contribution is -2.11. The van der Waals surface area contributed by atoms with Crippen LogP contribution in [-0.2, 0) is 6.54 Å². The van der Waals surface area contributed by atoms with Gasteiger partial charge in [0.15, 0.2) is 5.82 Å². The largest absolute Gasteiger partial charge is 0.386 e. The molecule has 4 nitrogen and oxygen atoms in total. The lowest BCUT2D eigenvalue weighted by atomic mass is 10.1. The Morgan fingerprint density at radius 1 is 1.05 bits per heavy atom. The molecule has 0 aliphatic rings. The molecule has 1 heterocycles. The fraction of sp³-hybridized carbons (Fsp3) is 0.125. The third-order valence-electron chi connectivity index (χ3n) is 3.26. The van der Waals surface area contributed by atoms with Gasteiger partial charge in [0.25, 0.3) is 0 Å². The van der Waals surface area contributed by atoms with Crippen LogP contribution in [0.1, 0.15) is 11.7 Å². The Balaban J connectivity index is 1.88. The van der Waals surface area contributed by atoms with E-state index in [1.54, 1.807) is 4.68 Å². The molecule has 0 radical (unpaired) electrons. The Morgan fingerprint density at radius 2 is 1.76 bits per heavy atom. The van der Waals surface area contributed by atoms with Gasteiger partial charge in [0.05, 0.1) is 17.7 Å². The normalized spacial score (nSPS) is 12.3. The van der Waals surface area contributed by atoms with Crippen LogP contribution in [0.2, 0.25) is 5.02 Å². The Hall–Kier alpha value is -2.17. The van der Waals surface area contributed by atoms with E-state index in [1.807, 2.05) is 54.6 Å². The highest BCUT2D eigenvalue weighted by molar-refractivity contribution is 6.33. The summed E-state index contributed by atoms with van der Waals surface area (Å²) in [5.74, 6) is 0.649. The van der Waals surface area contributed by atoms with Gasteiger partial charge in [-0.1, -0.05) is 54.1 Å². The second-order valence-corrected chi connectivity index (χ2v) is 5.08. The second kappa shape index (κ2) is 6.08. The van der Waals surface area contributed by atoms with E-state index in [4.69, 9.17) is 11.6 Å². The third kappa shape index (κ3) is 2.96. The first-order valence-corrected chi connectivity index (χ1v) is 6.99. The number of aromatic nitrogens is 3. The summed E-state index contributed by atoms with van der Waals surface area (Å²) in [5, 5.41) is 15.1. The van der Waals surface area contributed by atoms with Crippen molar-refractivity contribution in [2.45, 2.75) is 12.6 Å². The van der Waals surface area contributed by atoms with Crippen molar-refractivity contribution in [3.63, 3.8) is 0 Å². The summed E-state index contributed by atoms with van der Waals surface area (Å²) in [6.07, 6.45) is 0.824. The van der Waals surface area contributed by atoms with Crippen molar-refractivity contribution in [2.24, 2.45) is 0 Å². The minimum Gasteiger partial charge on any atom is -0.386 e. The molecule has 0 saturated heterocycles. The minimum atomic E-state index is -0.644. The molecule has 21 heavy (non-hydrogen) atoms. The van der Waals surface area contributed by atoms with Crippen LogP contribution in [0.15, 0.2) is 60.9 Å². The molecule has 5 heteroatoms. The maximum absolute atomic E-state index is 10.3. The predicted octanol–water partition coefficient (Wildman–Crippen LogP) is 3.33. The molecule has 0 aliphatic carbocycles. The van der Waals surface area contributed by atoms with Crippen molar-refractivity contribution in [3.8, 4) is 11.4 Å². The first kappa shape index (κ1) is 13.8. The molecule has 0 bridgehead atoms. The van der Waals surface area contributed by atoms with Crippen molar-refractivity contribution in [2.75, 3.05) is 0 Å². The molecule has 0 aliphatic heterocycles. The van der Waals surface area contributed by atoms with Crippen molar-refractivity contribution < 1.29 is 5.11 Å². The molecule has 1 N–H and O–H groups in total. The van der Waals surface area contributed by atoms with E-state index >= 15 is 0 Å². The van der Waals surface area contributed by atoms with Crippen LogP contribution >= 0.6 is 11.6 Å². The summed E-state index contributed by atoms with van der Waals surface area (Å²) in [6.45, 7) is 0.324. The van der Waals surface area contributed by atoms with E-state index in [-0.39, 0.29) is 0 Å². The Kier molecular flexibility index (Phi) is 3.99. The van der Waals surface area contributed by atoms with E-state index in [2.05, 4.69) is 10.1 Å². The lowest BCUT2D eigenvalue weighted by Gasteiger charge is -2.13. The molecule has 2 aromatic carbocycles. The number of aliphatic hydroxyl groups excluding tert-OH is 1. The fourth-order valence-electron chi connectivity index (χ4n) is 2.19. The van der Waals surface area contributed by atoms with E-state index in [0.717, 1.165) is 11.1 Å². The molecule has 1 aromatic heterocycles. The minimum absolute atomic E-state index is 0.324. The van der Waals surface area contributed by atoms with Crippen molar-refractivity contribution in [1.82, 2.24) is 14.8 Å². The summed E-state index contributed by atoms with van der Waals surface area (Å²) in [6, 6.07) is 16.9. The monoisotopic (exact) mass is 299 g/mol. The van der Waals surface area contributed by atoms with Gasteiger partial charge < -0.3 is 5.11 Å². The van der Waals surface area contributed by atoms with Crippen LogP contribution in [-0.4, -0.2) is 19.9 Å². The van der Waals surface area contributed by atoms with E-state index in [9.17, 15) is 5.11 Å². The molecule has 0 fully saturated rings. The average molecular weight is 300 g/mol. The summed E-state index contributed by atoms with van der Waals surface area (Å²) in [5.41, 5.74) is 1.65. The van der Waals surface area contributed by atoms with Crippen LogP contribution < -0.4 is 0 Å². The first-order chi connectivity index (χ1) is 10.3. The maximum atomic E-state index is 10.3. The number of nitrogens with zero attached hydrogens (tertiary/aromatic N) is 3. The number of aliphatic hydroxyl groups is 1. The van der Waals surface area contributed by atoms with Crippen molar-refractivity contribution in [3.05, 3.63) is 71.5 Å². The second-order valence-electron chi connectivity index (χ2n) is 4.67. The topological polar surface area (TPSA) is 50.9 Å². The average Bonchev–Trinajstić information content (AvgIpc) is 2.96. The van der Waals surface area contributed by atoms with Gasteiger partial charge in [-0.3, -0.25) is 0 Å². The quantitative estimate of drug-likeness (QED) is 0.804. The molecule has 1 unspecified atom stereocenters. The molecule has 0 saturated carbocycles. The van der Waals surface area contributed by atoms with E-state index in [1.165, 1.54) is 6.33 Å². The lowest BCUT2D eigenvalue weighted by molar-refractivity contribution is 0.152. The van der Waals surface area contributed by atoms with Crippen molar-refractivity contribution >= 4 is 11.6 Å². The fourth-order valence-corrected chi connectivity index (χ4v) is 2.41. The summed E-state index contributed by atoms with van der Waals surface area (Å²) in [7, 11) is 0. The number of benzene rings is 2. The van der Waals surface area contributed by atoms with E-state index in [0.29, 0.717) is 17.4 Å². The zero-order chi connectivity index (χ0) is 14.7. The summed E-state index contributed by atoms with van der Waals surface area (Å²) in [4.78, 5) is 4.25. The summed E-state index contributed by atoms with van der Waals surface area (Å²) >= 11 is 6.20. The van der Waals surface area contributed by atoms with Gasteiger partial charge in [-0.25, -0.2) is 9.67 Å². The van der Waals surface area contributed by atoms with Gasteiger partial charge in [-0.2, -0.15) is 5.10 Å². The van der Waals surface area contributed by atoms with Gasteiger partial charge in [0, 0.05) is 5.56 Å². The van der Waals surface area contributed by atoms with Crippen LogP contribution in [0.4, 0.5) is 0 Å². The third-order valence-corrected chi connectivity index (χ3v) is 3.59. The smallest absolute Gasteiger partial charge is 0.159 e. The van der Waals surface area contributed by atoms with Gasteiger partial charge in [-0.15, -0.1) is 0 Å². The Labute approximate surface area is 127 Å². The molecule has 3 rings (SSSR count). The Bertz CT molecular complexity index is 727. The van der Waals surface area contributed by atoms with Crippen LogP contribution in [0, 0.1) is 0 Å². The SMILES string of the molecule is OC(Cn1ncnc1-c1ccccc1Cl)c1ccccc1. The van der Waals surface area contributed by atoms with Crippen LogP contribution in [0.3, 0.4) is 0 Å². The zero-order valence-electron chi connectivity index (χ0n) is 11.2. The number of rotatable bonds is 4. The highest BCUT2D eigenvalue weighted by Gasteiger charge is 2.14. The number of halogens is 1. The number of hydrogen-bond donors (Lipinski definition) is 1. The van der Waals surface area contributed by atoms with Crippen LogP contribution in [0.5, 0.6) is 0 Å². The molecule has 1 atom stereocenters. The molecular formula is C16H14ClN3O. The summed E-state index contributed by atoms with van der Waals surface area (Å²) < 4.78 is 1.67. The molecule has 3 aromatic rings. The van der Waals surface area contributed by atoms with Gasteiger partial charge in [-0.05, 0) is 17.7 Å². The van der Waals surface area contributed by atoms with Gasteiger partial charge in [0.2, 0.25) is 0 Å². The molecule has 0 amide bonds. The zero-order valence-corrected chi connectivity index (χ0v) is 12.0. The van der Waals surface area contributed by atoms with E-state index < -0.39 is 6.10 Å².